The highest BCUT2D eigenvalue weighted by molar-refractivity contribution is 5.70. The van der Waals surface area contributed by atoms with Crippen molar-refractivity contribution < 1.29 is 38.2 Å². The number of esters is 2. The number of unbranched alkanes of at least 4 members (excludes halogenated alkanes) is 17. The Hall–Kier alpha value is -3.23. The monoisotopic (exact) mass is 854 g/mol. The number of carboxylic acid groups (broad SMARTS) is 1. The minimum absolute atomic E-state index is 0.0338. The zero-order chi connectivity index (χ0) is 44.9. The first-order valence-electron chi connectivity index (χ1n) is 24.5. The van der Waals surface area contributed by atoms with Gasteiger partial charge in [0.25, 0.3) is 0 Å². The average Bonchev–Trinajstić information content (AvgIpc) is 3.22. The van der Waals surface area contributed by atoms with Crippen LogP contribution < -0.4 is 5.11 Å². The van der Waals surface area contributed by atoms with Gasteiger partial charge in [-0.1, -0.05) is 170 Å². The van der Waals surface area contributed by atoms with Crippen molar-refractivity contribution in [1.29, 1.82) is 0 Å². The van der Waals surface area contributed by atoms with Crippen molar-refractivity contribution >= 4 is 17.9 Å². The van der Waals surface area contributed by atoms with Crippen molar-refractivity contribution in [3.63, 3.8) is 0 Å². The molecule has 350 valence electrons. The van der Waals surface area contributed by atoms with E-state index in [1.54, 1.807) is 21.1 Å². The quantitative estimate of drug-likeness (QED) is 0.0260. The van der Waals surface area contributed by atoms with Crippen LogP contribution in [0.3, 0.4) is 0 Å². The lowest BCUT2D eigenvalue weighted by atomic mass is 10.0. The zero-order valence-corrected chi connectivity index (χ0v) is 39.8. The molecule has 0 rings (SSSR count). The Balaban J connectivity index is 4.26. The second-order valence-electron chi connectivity index (χ2n) is 17.3. The Labute approximate surface area is 374 Å². The van der Waals surface area contributed by atoms with Crippen LogP contribution in [0.4, 0.5) is 0 Å². The number of carboxylic acids is 1. The lowest BCUT2D eigenvalue weighted by molar-refractivity contribution is -0.889. The minimum Gasteiger partial charge on any atom is -0.544 e. The number of rotatable bonds is 43. The molecule has 61 heavy (non-hydrogen) atoms. The van der Waals surface area contributed by atoms with Crippen molar-refractivity contribution in [1.82, 2.24) is 0 Å². The molecule has 0 aliphatic rings. The second kappa shape index (κ2) is 43.4. The van der Waals surface area contributed by atoms with Crippen molar-refractivity contribution in [3.05, 3.63) is 72.9 Å². The molecule has 0 N–H and O–H groups in total. The maximum Gasteiger partial charge on any atom is 0.306 e. The smallest absolute Gasteiger partial charge is 0.306 e. The van der Waals surface area contributed by atoms with E-state index in [9.17, 15) is 19.5 Å². The third-order valence-corrected chi connectivity index (χ3v) is 10.6. The van der Waals surface area contributed by atoms with E-state index in [1.807, 2.05) is 0 Å². The van der Waals surface area contributed by atoms with Gasteiger partial charge in [0, 0.05) is 19.3 Å². The van der Waals surface area contributed by atoms with Gasteiger partial charge in [-0.15, -0.1) is 0 Å². The minimum atomic E-state index is -1.13. The molecule has 2 unspecified atom stereocenters. The summed E-state index contributed by atoms with van der Waals surface area (Å²) in [5, 5.41) is 11.6. The molecule has 2 atom stereocenters. The van der Waals surface area contributed by atoms with Crippen LogP contribution in [0.1, 0.15) is 194 Å². The summed E-state index contributed by atoms with van der Waals surface area (Å²) >= 11 is 0. The molecule has 0 bridgehead atoms. The second-order valence-corrected chi connectivity index (χ2v) is 17.3. The number of allylic oxidation sites excluding steroid dienone is 12. The number of aliphatic carboxylic acids is 1. The van der Waals surface area contributed by atoms with Crippen molar-refractivity contribution in [2.24, 2.45) is 0 Å². The lowest BCUT2D eigenvalue weighted by Gasteiger charge is -2.34. The van der Waals surface area contributed by atoms with Gasteiger partial charge in [-0.2, -0.15) is 0 Å². The van der Waals surface area contributed by atoms with Crippen molar-refractivity contribution in [2.45, 2.75) is 206 Å². The first-order chi connectivity index (χ1) is 29.6. The molecule has 0 saturated carbocycles. The molecular formula is C53H91NO7. The Kier molecular flexibility index (Phi) is 41.1. The average molecular weight is 854 g/mol. The van der Waals surface area contributed by atoms with Crippen LogP contribution in [-0.2, 0) is 28.6 Å². The molecule has 8 nitrogen and oxygen atoms in total. The standard InChI is InChI=1S/C53H91NO7/c1-6-8-10-12-14-16-18-20-22-23-24-25-26-27-28-29-30-32-34-36-38-40-42-44-52(56)61-49(47-59-46-45-50(53(57)58)54(3,4)5)48-60-51(55)43-41-39-37-35-33-31-21-19-17-15-13-11-9-7-2/h8-11,14-17,20,22,24-25,49-50H,6-7,12-13,18-19,21,23,26-48H2,1-5H3/b10-8+,11-9+,16-14+,17-15+,22-20+,25-24+. The van der Waals surface area contributed by atoms with Gasteiger partial charge < -0.3 is 28.6 Å². The highest BCUT2D eigenvalue weighted by atomic mass is 16.6. The summed E-state index contributed by atoms with van der Waals surface area (Å²) in [4.78, 5) is 37.0. The van der Waals surface area contributed by atoms with E-state index in [1.165, 1.54) is 70.6 Å². The number of hydrogen-bond donors (Lipinski definition) is 0. The molecule has 0 radical (unpaired) electrons. The van der Waals surface area contributed by atoms with Crippen LogP contribution in [0.5, 0.6) is 0 Å². The van der Waals surface area contributed by atoms with Crippen molar-refractivity contribution in [2.75, 3.05) is 41.0 Å². The fourth-order valence-electron chi connectivity index (χ4n) is 6.86. The third-order valence-electron chi connectivity index (χ3n) is 10.6. The largest absolute Gasteiger partial charge is 0.544 e. The highest BCUT2D eigenvalue weighted by Crippen LogP contribution is 2.15. The molecule has 0 saturated heterocycles. The van der Waals surface area contributed by atoms with Gasteiger partial charge in [-0.25, -0.2) is 0 Å². The first kappa shape index (κ1) is 57.8. The maximum atomic E-state index is 12.8. The first-order valence-corrected chi connectivity index (χ1v) is 24.5. The lowest BCUT2D eigenvalue weighted by Crippen LogP contribution is -2.55. The van der Waals surface area contributed by atoms with E-state index < -0.39 is 18.1 Å². The zero-order valence-electron chi connectivity index (χ0n) is 39.8. The summed E-state index contributed by atoms with van der Waals surface area (Å²) in [5.41, 5.74) is 0. The van der Waals surface area contributed by atoms with E-state index in [0.717, 1.165) is 89.9 Å². The number of carbonyl (C=O) groups is 3. The molecule has 0 amide bonds. The Bertz CT molecular complexity index is 1230. The van der Waals surface area contributed by atoms with Gasteiger partial charge in [-0.3, -0.25) is 9.59 Å². The predicted octanol–water partition coefficient (Wildman–Crippen LogP) is 12.6. The van der Waals surface area contributed by atoms with Crippen LogP contribution >= 0.6 is 0 Å². The molecule has 0 spiro atoms. The molecular weight excluding hydrogens is 763 g/mol. The van der Waals surface area contributed by atoms with Gasteiger partial charge in [0.2, 0.25) is 0 Å². The molecule has 0 fully saturated rings. The fraction of sp³-hybridized carbons (Fsp3) is 0.717. The van der Waals surface area contributed by atoms with Gasteiger partial charge in [0.05, 0.1) is 40.3 Å². The normalized spacial score (nSPS) is 13.5. The topological polar surface area (TPSA) is 102 Å². The van der Waals surface area contributed by atoms with E-state index in [-0.39, 0.29) is 42.7 Å². The number of likely N-dealkylation sites (N-methyl/N-ethyl adjacent to an activating group) is 1. The number of carbonyl (C=O) groups excluding carboxylic acids is 3. The third kappa shape index (κ3) is 41.9. The summed E-state index contributed by atoms with van der Waals surface area (Å²) in [6, 6.07) is -0.731. The molecule has 0 aromatic heterocycles. The highest BCUT2D eigenvalue weighted by Gasteiger charge is 2.25. The molecule has 0 aliphatic carbocycles. The Morgan fingerprint density at radius 2 is 0.869 bits per heavy atom. The van der Waals surface area contributed by atoms with Crippen LogP contribution in [0.25, 0.3) is 0 Å². The number of quaternary nitrogens is 1. The van der Waals surface area contributed by atoms with Crippen molar-refractivity contribution in [3.8, 4) is 0 Å². The summed E-state index contributed by atoms with van der Waals surface area (Å²) in [5.74, 6) is -1.75. The SMILES string of the molecule is CC/C=C/C/C=C/C/C=C/C/C=C/CCCCCCCCCCCCC(=O)OC(COCCC(C(=O)[O-])[N+](C)(C)C)COC(=O)CCCCCCCCC/C=C/C/C=C/CC. The molecule has 0 aromatic rings. The summed E-state index contributed by atoms with van der Waals surface area (Å²) < 4.78 is 17.2. The Morgan fingerprint density at radius 3 is 1.28 bits per heavy atom. The number of nitrogens with zero attached hydrogens (tertiary/aromatic N) is 1. The van der Waals surface area contributed by atoms with E-state index in [4.69, 9.17) is 14.2 Å². The molecule has 0 aliphatic heterocycles. The van der Waals surface area contributed by atoms with Crippen LogP contribution in [-0.4, -0.2) is 75.5 Å². The maximum absolute atomic E-state index is 12.8. The molecule has 0 aromatic carbocycles. The van der Waals surface area contributed by atoms with E-state index in [0.29, 0.717) is 12.8 Å². The number of hydrogen-bond acceptors (Lipinski definition) is 7. The van der Waals surface area contributed by atoms with Gasteiger partial charge in [0.15, 0.2) is 6.10 Å². The van der Waals surface area contributed by atoms with E-state index >= 15 is 0 Å². The fourth-order valence-corrected chi connectivity index (χ4v) is 6.86. The number of ether oxygens (including phenoxy) is 3. The van der Waals surface area contributed by atoms with Gasteiger partial charge in [-0.05, 0) is 77.0 Å². The van der Waals surface area contributed by atoms with Gasteiger partial charge >= 0.3 is 11.9 Å². The van der Waals surface area contributed by atoms with Gasteiger partial charge in [0.1, 0.15) is 12.6 Å². The Morgan fingerprint density at radius 1 is 0.492 bits per heavy atom. The molecule has 8 heteroatoms. The van der Waals surface area contributed by atoms with Crippen LogP contribution in [0.2, 0.25) is 0 Å². The summed E-state index contributed by atoms with van der Waals surface area (Å²) in [6.45, 7) is 4.43. The molecule has 0 heterocycles. The summed E-state index contributed by atoms with van der Waals surface area (Å²) in [6.07, 6.45) is 55.0. The van der Waals surface area contributed by atoms with Crippen LogP contribution in [0, 0.1) is 0 Å². The summed E-state index contributed by atoms with van der Waals surface area (Å²) in [7, 11) is 5.40. The predicted molar refractivity (Wildman–Crippen MR) is 254 cm³/mol. The van der Waals surface area contributed by atoms with E-state index in [2.05, 4.69) is 86.8 Å². The van der Waals surface area contributed by atoms with Crippen LogP contribution in [0.15, 0.2) is 72.9 Å².